The van der Waals surface area contributed by atoms with Crippen molar-refractivity contribution in [3.63, 3.8) is 0 Å². The van der Waals surface area contributed by atoms with Crippen LogP contribution in [-0.4, -0.2) is 43.5 Å². The van der Waals surface area contributed by atoms with Crippen LogP contribution in [0.4, 0.5) is 0 Å². The lowest BCUT2D eigenvalue weighted by atomic mass is 10.2. The maximum Gasteiger partial charge on any atom is 0.188 e. The van der Waals surface area contributed by atoms with Crippen LogP contribution in [0.15, 0.2) is 0 Å². The molecular formula is C9H19N7. The first kappa shape index (κ1) is 12.6. The van der Waals surface area contributed by atoms with Crippen molar-refractivity contribution in [3.8, 4) is 0 Å². The van der Waals surface area contributed by atoms with Crippen LogP contribution >= 0.6 is 0 Å². The highest BCUT2D eigenvalue weighted by atomic mass is 15.6. The third-order valence-electron chi connectivity index (χ3n) is 2.29. The summed E-state index contributed by atoms with van der Waals surface area (Å²) < 4.78 is 0. The molecule has 1 aromatic heterocycles. The highest BCUT2D eigenvalue weighted by molar-refractivity contribution is 5.76. The van der Waals surface area contributed by atoms with Crippen molar-refractivity contribution in [1.82, 2.24) is 25.1 Å². The van der Waals surface area contributed by atoms with E-state index in [0.717, 1.165) is 6.54 Å². The molecule has 0 spiro atoms. The molecule has 1 heterocycles. The van der Waals surface area contributed by atoms with Gasteiger partial charge in [-0.05, 0) is 19.1 Å². The van der Waals surface area contributed by atoms with Crippen molar-refractivity contribution in [2.24, 2.45) is 12.8 Å². The van der Waals surface area contributed by atoms with Crippen molar-refractivity contribution in [1.29, 1.82) is 5.41 Å². The Morgan fingerprint density at radius 1 is 1.56 bits per heavy atom. The van der Waals surface area contributed by atoms with Gasteiger partial charge in [-0.3, -0.25) is 10.3 Å². The number of aryl methyl sites for hydroxylation is 1. The standard InChI is InChI=1S/C9H19N7/c1-7(2)16(5-4-8(10)11)6-9-12-14-15(3)13-9/h7H,4-6H2,1-3H3,(H3,10,11). The quantitative estimate of drug-likeness (QED) is 0.514. The first-order valence-electron chi connectivity index (χ1n) is 5.29. The molecule has 3 N–H and O–H groups in total. The fourth-order valence-electron chi connectivity index (χ4n) is 1.35. The zero-order chi connectivity index (χ0) is 12.1. The average Bonchev–Trinajstić information content (AvgIpc) is 2.57. The number of nitrogens with two attached hydrogens (primary N) is 1. The summed E-state index contributed by atoms with van der Waals surface area (Å²) in [6.45, 7) is 5.57. The lowest BCUT2D eigenvalue weighted by Crippen LogP contribution is -2.33. The summed E-state index contributed by atoms with van der Waals surface area (Å²) in [6.07, 6.45) is 0.568. The van der Waals surface area contributed by atoms with Crippen molar-refractivity contribution in [3.05, 3.63) is 5.82 Å². The molecule has 0 atom stereocenters. The second-order valence-corrected chi connectivity index (χ2v) is 4.03. The highest BCUT2D eigenvalue weighted by Gasteiger charge is 2.13. The molecule has 0 bridgehead atoms. The van der Waals surface area contributed by atoms with E-state index >= 15 is 0 Å². The second kappa shape index (κ2) is 5.55. The average molecular weight is 225 g/mol. The van der Waals surface area contributed by atoms with Crippen LogP contribution in [0.25, 0.3) is 0 Å². The van der Waals surface area contributed by atoms with Crippen LogP contribution in [0.3, 0.4) is 0 Å². The maximum absolute atomic E-state index is 7.22. The van der Waals surface area contributed by atoms with Gasteiger partial charge in [-0.2, -0.15) is 4.80 Å². The summed E-state index contributed by atoms with van der Waals surface area (Å²) in [4.78, 5) is 3.61. The molecule has 0 fully saturated rings. The summed E-state index contributed by atoms with van der Waals surface area (Å²) in [5, 5.41) is 19.1. The topological polar surface area (TPSA) is 96.7 Å². The van der Waals surface area contributed by atoms with E-state index in [1.807, 2.05) is 0 Å². The molecule has 0 saturated carbocycles. The SMILES string of the molecule is CC(C)N(CCC(=N)N)Cc1nnn(C)n1. The lowest BCUT2D eigenvalue weighted by Gasteiger charge is -2.24. The number of rotatable bonds is 6. The van der Waals surface area contributed by atoms with Gasteiger partial charge < -0.3 is 5.73 Å². The van der Waals surface area contributed by atoms with E-state index in [2.05, 4.69) is 34.2 Å². The molecule has 7 heteroatoms. The highest BCUT2D eigenvalue weighted by Crippen LogP contribution is 2.04. The van der Waals surface area contributed by atoms with Gasteiger partial charge in [-0.25, -0.2) is 0 Å². The van der Waals surface area contributed by atoms with Gasteiger partial charge in [-0.1, -0.05) is 0 Å². The monoisotopic (exact) mass is 225 g/mol. The van der Waals surface area contributed by atoms with Crippen LogP contribution in [0.1, 0.15) is 26.1 Å². The first-order valence-corrected chi connectivity index (χ1v) is 5.29. The molecule has 0 saturated heterocycles. The Bertz CT molecular complexity index is 343. The minimum absolute atomic E-state index is 0.206. The zero-order valence-electron chi connectivity index (χ0n) is 10.0. The fraction of sp³-hybridized carbons (Fsp3) is 0.778. The van der Waals surface area contributed by atoms with Crippen molar-refractivity contribution < 1.29 is 0 Å². The van der Waals surface area contributed by atoms with Gasteiger partial charge in [0.15, 0.2) is 5.82 Å². The summed E-state index contributed by atoms with van der Waals surface area (Å²) in [5.74, 6) is 0.900. The van der Waals surface area contributed by atoms with Gasteiger partial charge in [-0.15, -0.1) is 10.2 Å². The molecule has 1 rings (SSSR count). The molecule has 0 aromatic carbocycles. The second-order valence-electron chi connectivity index (χ2n) is 4.03. The Labute approximate surface area is 95.1 Å². The Morgan fingerprint density at radius 2 is 2.25 bits per heavy atom. The number of amidine groups is 1. The maximum atomic E-state index is 7.22. The van der Waals surface area contributed by atoms with Crippen LogP contribution in [-0.2, 0) is 13.6 Å². The molecule has 0 unspecified atom stereocenters. The van der Waals surface area contributed by atoms with E-state index in [-0.39, 0.29) is 5.84 Å². The van der Waals surface area contributed by atoms with Crippen molar-refractivity contribution in [2.45, 2.75) is 32.9 Å². The predicted molar refractivity (Wildman–Crippen MR) is 60.9 cm³/mol. The Morgan fingerprint density at radius 3 is 2.69 bits per heavy atom. The van der Waals surface area contributed by atoms with Gasteiger partial charge in [0, 0.05) is 19.0 Å². The Hall–Kier alpha value is -1.50. The van der Waals surface area contributed by atoms with Gasteiger partial charge >= 0.3 is 0 Å². The number of hydrogen-bond acceptors (Lipinski definition) is 5. The molecule has 0 aliphatic heterocycles. The number of nitrogens with zero attached hydrogens (tertiary/aromatic N) is 5. The number of tetrazole rings is 1. The third kappa shape index (κ3) is 3.93. The van der Waals surface area contributed by atoms with Crippen LogP contribution in [0.2, 0.25) is 0 Å². The third-order valence-corrected chi connectivity index (χ3v) is 2.29. The van der Waals surface area contributed by atoms with E-state index in [0.29, 0.717) is 24.8 Å². The van der Waals surface area contributed by atoms with Gasteiger partial charge in [0.2, 0.25) is 0 Å². The molecule has 0 amide bonds. The van der Waals surface area contributed by atoms with Crippen LogP contribution in [0.5, 0.6) is 0 Å². The van der Waals surface area contributed by atoms with E-state index < -0.39 is 0 Å². The van der Waals surface area contributed by atoms with E-state index in [4.69, 9.17) is 11.1 Å². The summed E-state index contributed by atoms with van der Waals surface area (Å²) in [6, 6.07) is 0.364. The number of nitrogens with one attached hydrogen (secondary N) is 1. The van der Waals surface area contributed by atoms with E-state index in [1.54, 1.807) is 7.05 Å². The number of hydrogen-bond donors (Lipinski definition) is 2. The van der Waals surface area contributed by atoms with Crippen LogP contribution in [0, 0.1) is 5.41 Å². The zero-order valence-corrected chi connectivity index (χ0v) is 10.0. The number of aromatic nitrogens is 4. The normalized spacial score (nSPS) is 11.3. The molecule has 0 aliphatic carbocycles. The molecule has 90 valence electrons. The summed E-state index contributed by atoms with van der Waals surface area (Å²) in [5.41, 5.74) is 5.35. The first-order chi connectivity index (χ1) is 7.49. The fourth-order valence-corrected chi connectivity index (χ4v) is 1.35. The van der Waals surface area contributed by atoms with E-state index in [9.17, 15) is 0 Å². The largest absolute Gasteiger partial charge is 0.388 e. The van der Waals surface area contributed by atoms with E-state index in [1.165, 1.54) is 4.80 Å². The summed E-state index contributed by atoms with van der Waals surface area (Å²) >= 11 is 0. The van der Waals surface area contributed by atoms with Gasteiger partial charge in [0.1, 0.15) is 0 Å². The molecule has 1 aromatic rings. The molecule has 7 nitrogen and oxygen atoms in total. The lowest BCUT2D eigenvalue weighted by molar-refractivity contribution is 0.213. The Balaban J connectivity index is 2.54. The van der Waals surface area contributed by atoms with Gasteiger partial charge in [0.05, 0.1) is 19.4 Å². The molecule has 0 aliphatic rings. The summed E-state index contributed by atoms with van der Waals surface area (Å²) in [7, 11) is 1.74. The molecule has 16 heavy (non-hydrogen) atoms. The van der Waals surface area contributed by atoms with Crippen molar-refractivity contribution in [2.75, 3.05) is 6.54 Å². The van der Waals surface area contributed by atoms with Crippen molar-refractivity contribution >= 4 is 5.84 Å². The van der Waals surface area contributed by atoms with Gasteiger partial charge in [0.25, 0.3) is 0 Å². The minimum Gasteiger partial charge on any atom is -0.388 e. The smallest absolute Gasteiger partial charge is 0.188 e. The van der Waals surface area contributed by atoms with Crippen LogP contribution < -0.4 is 5.73 Å². The molecular weight excluding hydrogens is 206 g/mol. The predicted octanol–water partition coefficient (Wildman–Crippen LogP) is -0.253. The minimum atomic E-state index is 0.206. The Kier molecular flexibility index (Phi) is 4.36. The molecule has 0 radical (unpaired) electrons.